The van der Waals surface area contributed by atoms with E-state index in [1.807, 2.05) is 6.07 Å². The Bertz CT molecular complexity index is 498. The highest BCUT2D eigenvalue weighted by Gasteiger charge is 2.25. The number of fused-ring (bicyclic) bond motifs is 1. The van der Waals surface area contributed by atoms with E-state index < -0.39 is 5.97 Å². The van der Waals surface area contributed by atoms with Gasteiger partial charge in [0, 0.05) is 19.1 Å². The Balaban J connectivity index is 2.15. The van der Waals surface area contributed by atoms with Gasteiger partial charge in [-0.2, -0.15) is 0 Å². The van der Waals surface area contributed by atoms with Crippen LogP contribution in [0.15, 0.2) is 18.2 Å². The summed E-state index contributed by atoms with van der Waals surface area (Å²) >= 11 is 0. The second-order valence-electron chi connectivity index (χ2n) is 6.28. The SMILES string of the molecule is CCC(C)CC(CC)N1CCc2c(cccc2C(=O)O)C1. The standard InChI is InChI=1S/C18H27NO2/c1-4-13(3)11-15(5-2)19-10-9-16-14(12-19)7-6-8-17(16)18(20)21/h6-8,13,15H,4-5,9-12H2,1-3H3,(H,20,21). The number of benzene rings is 1. The molecule has 0 amide bonds. The van der Waals surface area contributed by atoms with Crippen LogP contribution in [0.25, 0.3) is 0 Å². The maximum atomic E-state index is 11.3. The maximum absolute atomic E-state index is 11.3. The molecule has 0 bridgehead atoms. The Kier molecular flexibility index (Phi) is 5.40. The molecule has 2 unspecified atom stereocenters. The minimum absolute atomic E-state index is 0.488. The Morgan fingerprint density at radius 1 is 1.33 bits per heavy atom. The first-order valence-corrected chi connectivity index (χ1v) is 8.14. The van der Waals surface area contributed by atoms with Crippen LogP contribution in [0.3, 0.4) is 0 Å². The number of hydrogen-bond acceptors (Lipinski definition) is 2. The van der Waals surface area contributed by atoms with Crippen LogP contribution in [0.5, 0.6) is 0 Å². The fraction of sp³-hybridized carbons (Fsp3) is 0.611. The van der Waals surface area contributed by atoms with Crippen molar-refractivity contribution in [3.63, 3.8) is 0 Å². The van der Waals surface area contributed by atoms with E-state index in [-0.39, 0.29) is 0 Å². The average molecular weight is 289 g/mol. The van der Waals surface area contributed by atoms with Crippen LogP contribution in [0.1, 0.15) is 61.5 Å². The molecule has 2 atom stereocenters. The molecule has 0 aliphatic carbocycles. The summed E-state index contributed by atoms with van der Waals surface area (Å²) in [4.78, 5) is 13.9. The highest BCUT2D eigenvalue weighted by molar-refractivity contribution is 5.89. The second kappa shape index (κ2) is 7.08. The normalized spacial score (nSPS) is 18.0. The van der Waals surface area contributed by atoms with E-state index in [1.165, 1.54) is 18.4 Å². The van der Waals surface area contributed by atoms with Crippen molar-refractivity contribution in [3.8, 4) is 0 Å². The summed E-state index contributed by atoms with van der Waals surface area (Å²) < 4.78 is 0. The maximum Gasteiger partial charge on any atom is 0.335 e. The van der Waals surface area contributed by atoms with E-state index in [0.29, 0.717) is 11.6 Å². The molecule has 0 saturated carbocycles. The van der Waals surface area contributed by atoms with Crippen LogP contribution in [-0.2, 0) is 13.0 Å². The quantitative estimate of drug-likeness (QED) is 0.861. The highest BCUT2D eigenvalue weighted by Crippen LogP contribution is 2.27. The monoisotopic (exact) mass is 289 g/mol. The molecule has 0 saturated heterocycles. The predicted molar refractivity (Wildman–Crippen MR) is 85.7 cm³/mol. The number of carboxylic acid groups (broad SMARTS) is 1. The van der Waals surface area contributed by atoms with E-state index in [4.69, 9.17) is 0 Å². The van der Waals surface area contributed by atoms with Crippen LogP contribution >= 0.6 is 0 Å². The van der Waals surface area contributed by atoms with Gasteiger partial charge in [0.05, 0.1) is 5.56 Å². The molecule has 2 rings (SSSR count). The van der Waals surface area contributed by atoms with Crippen molar-refractivity contribution in [1.29, 1.82) is 0 Å². The number of hydrogen-bond donors (Lipinski definition) is 1. The first-order valence-electron chi connectivity index (χ1n) is 8.14. The molecule has 0 radical (unpaired) electrons. The van der Waals surface area contributed by atoms with Crippen molar-refractivity contribution in [2.75, 3.05) is 6.54 Å². The molecule has 116 valence electrons. The summed E-state index contributed by atoms with van der Waals surface area (Å²) in [6.45, 7) is 8.71. The lowest BCUT2D eigenvalue weighted by molar-refractivity contribution is 0.0693. The summed E-state index contributed by atoms with van der Waals surface area (Å²) in [6.07, 6.45) is 4.48. The average Bonchev–Trinajstić information content (AvgIpc) is 2.50. The molecule has 0 fully saturated rings. The molecule has 21 heavy (non-hydrogen) atoms. The van der Waals surface area contributed by atoms with Gasteiger partial charge in [0.1, 0.15) is 0 Å². The van der Waals surface area contributed by atoms with Gasteiger partial charge in [-0.1, -0.05) is 39.3 Å². The van der Waals surface area contributed by atoms with Gasteiger partial charge in [0.2, 0.25) is 0 Å². The lowest BCUT2D eigenvalue weighted by Gasteiger charge is -2.36. The van der Waals surface area contributed by atoms with Gasteiger partial charge >= 0.3 is 5.97 Å². The van der Waals surface area contributed by atoms with Crippen molar-refractivity contribution < 1.29 is 9.90 Å². The van der Waals surface area contributed by atoms with Crippen LogP contribution in [0.2, 0.25) is 0 Å². The molecule has 3 nitrogen and oxygen atoms in total. The molecule has 1 aliphatic heterocycles. The van der Waals surface area contributed by atoms with Crippen LogP contribution in [0, 0.1) is 5.92 Å². The van der Waals surface area contributed by atoms with Crippen LogP contribution in [0.4, 0.5) is 0 Å². The van der Waals surface area contributed by atoms with Gasteiger partial charge in [-0.3, -0.25) is 4.90 Å². The van der Waals surface area contributed by atoms with E-state index in [9.17, 15) is 9.90 Å². The molecule has 1 aliphatic rings. The number of nitrogens with zero attached hydrogens (tertiary/aromatic N) is 1. The summed E-state index contributed by atoms with van der Waals surface area (Å²) in [6, 6.07) is 6.31. The molecular weight excluding hydrogens is 262 g/mol. The smallest absolute Gasteiger partial charge is 0.335 e. The van der Waals surface area contributed by atoms with Gasteiger partial charge < -0.3 is 5.11 Å². The largest absolute Gasteiger partial charge is 0.478 e. The van der Waals surface area contributed by atoms with Gasteiger partial charge in [0.25, 0.3) is 0 Å². The van der Waals surface area contributed by atoms with Gasteiger partial charge in [0.15, 0.2) is 0 Å². The van der Waals surface area contributed by atoms with E-state index >= 15 is 0 Å². The Hall–Kier alpha value is -1.35. The number of aromatic carboxylic acids is 1. The molecule has 0 aromatic heterocycles. The fourth-order valence-corrected chi connectivity index (χ4v) is 3.35. The van der Waals surface area contributed by atoms with Crippen molar-refractivity contribution >= 4 is 5.97 Å². The van der Waals surface area contributed by atoms with Crippen molar-refractivity contribution in [3.05, 3.63) is 34.9 Å². The van der Waals surface area contributed by atoms with Gasteiger partial charge in [-0.25, -0.2) is 4.79 Å². The number of carbonyl (C=O) groups is 1. The molecule has 1 N–H and O–H groups in total. The van der Waals surface area contributed by atoms with E-state index in [0.717, 1.165) is 37.4 Å². The predicted octanol–water partition coefficient (Wildman–Crippen LogP) is 3.96. The van der Waals surface area contributed by atoms with E-state index in [1.54, 1.807) is 6.07 Å². The third-order valence-corrected chi connectivity index (χ3v) is 4.88. The lowest BCUT2D eigenvalue weighted by Crippen LogP contribution is -2.40. The topological polar surface area (TPSA) is 40.5 Å². The number of rotatable bonds is 6. The lowest BCUT2D eigenvalue weighted by atomic mass is 9.91. The zero-order valence-corrected chi connectivity index (χ0v) is 13.4. The van der Waals surface area contributed by atoms with Crippen LogP contribution in [-0.4, -0.2) is 28.6 Å². The highest BCUT2D eigenvalue weighted by atomic mass is 16.4. The summed E-state index contributed by atoms with van der Waals surface area (Å²) in [5.74, 6) is -0.0475. The zero-order chi connectivity index (χ0) is 15.4. The molecule has 3 heteroatoms. The van der Waals surface area contributed by atoms with Gasteiger partial charge in [-0.05, 0) is 42.4 Å². The zero-order valence-electron chi connectivity index (χ0n) is 13.4. The summed E-state index contributed by atoms with van der Waals surface area (Å²) in [7, 11) is 0. The third kappa shape index (κ3) is 3.65. The third-order valence-electron chi connectivity index (χ3n) is 4.88. The number of carboxylic acids is 1. The second-order valence-corrected chi connectivity index (χ2v) is 6.28. The molecule has 1 aromatic rings. The first-order chi connectivity index (χ1) is 10.1. The molecule has 1 heterocycles. The van der Waals surface area contributed by atoms with Crippen molar-refractivity contribution in [2.24, 2.45) is 5.92 Å². The Labute approximate surface area is 128 Å². The van der Waals surface area contributed by atoms with Crippen molar-refractivity contribution in [2.45, 2.75) is 59.0 Å². The minimum atomic E-state index is -0.799. The Morgan fingerprint density at radius 3 is 2.71 bits per heavy atom. The first kappa shape index (κ1) is 16.0. The van der Waals surface area contributed by atoms with Gasteiger partial charge in [-0.15, -0.1) is 0 Å². The van der Waals surface area contributed by atoms with Crippen molar-refractivity contribution in [1.82, 2.24) is 4.90 Å². The molecular formula is C18H27NO2. The Morgan fingerprint density at radius 2 is 2.10 bits per heavy atom. The van der Waals surface area contributed by atoms with Crippen LogP contribution < -0.4 is 0 Å². The molecule has 1 aromatic carbocycles. The molecule has 0 spiro atoms. The minimum Gasteiger partial charge on any atom is -0.478 e. The fourth-order valence-electron chi connectivity index (χ4n) is 3.35. The summed E-state index contributed by atoms with van der Waals surface area (Å²) in [5, 5.41) is 9.30. The summed E-state index contributed by atoms with van der Waals surface area (Å²) in [5.41, 5.74) is 2.73. The van der Waals surface area contributed by atoms with E-state index in [2.05, 4.69) is 31.7 Å².